The van der Waals surface area contributed by atoms with Gasteiger partial charge in [-0.15, -0.1) is 0 Å². The van der Waals surface area contributed by atoms with Crippen molar-refractivity contribution in [3.8, 4) is 11.4 Å². The van der Waals surface area contributed by atoms with Crippen molar-refractivity contribution in [2.75, 3.05) is 37.8 Å². The predicted molar refractivity (Wildman–Crippen MR) is 119 cm³/mol. The van der Waals surface area contributed by atoms with Crippen LogP contribution in [0.15, 0.2) is 36.5 Å². The molecule has 162 valence electrons. The van der Waals surface area contributed by atoms with Crippen LogP contribution < -0.4 is 16.0 Å². The molecule has 1 saturated carbocycles. The van der Waals surface area contributed by atoms with Crippen LogP contribution >= 0.6 is 0 Å². The average molecular weight is 422 g/mol. The SMILES string of the molecule is CN(C)CCNc1nc(Nc2ncc(C(=O)NC3CC3)n2C)nc(-c2ccccc2)n1. The van der Waals surface area contributed by atoms with Crippen LogP contribution in [-0.2, 0) is 7.05 Å². The van der Waals surface area contributed by atoms with Crippen LogP contribution in [-0.4, -0.2) is 68.5 Å². The first kappa shape index (κ1) is 20.7. The highest BCUT2D eigenvalue weighted by atomic mass is 16.2. The molecule has 1 aliphatic rings. The first-order chi connectivity index (χ1) is 15.0. The van der Waals surface area contributed by atoms with Crippen LogP contribution in [0, 0.1) is 0 Å². The van der Waals surface area contributed by atoms with Gasteiger partial charge in [0, 0.05) is 31.7 Å². The summed E-state index contributed by atoms with van der Waals surface area (Å²) >= 11 is 0. The van der Waals surface area contributed by atoms with Gasteiger partial charge in [-0.25, -0.2) is 4.98 Å². The Labute approximate surface area is 181 Å². The number of likely N-dealkylation sites (N-methyl/N-ethyl adjacent to an activating group) is 1. The number of benzene rings is 1. The van der Waals surface area contributed by atoms with E-state index < -0.39 is 0 Å². The molecule has 1 fully saturated rings. The first-order valence-corrected chi connectivity index (χ1v) is 10.3. The van der Waals surface area contributed by atoms with Gasteiger partial charge in [0.1, 0.15) is 5.69 Å². The lowest BCUT2D eigenvalue weighted by Crippen LogP contribution is -2.27. The van der Waals surface area contributed by atoms with Crippen molar-refractivity contribution in [1.29, 1.82) is 0 Å². The van der Waals surface area contributed by atoms with E-state index in [0.717, 1.165) is 24.9 Å². The molecule has 2 aromatic heterocycles. The number of nitrogens with zero attached hydrogens (tertiary/aromatic N) is 6. The monoisotopic (exact) mass is 421 g/mol. The fourth-order valence-corrected chi connectivity index (χ4v) is 2.94. The van der Waals surface area contributed by atoms with Crippen molar-refractivity contribution < 1.29 is 4.79 Å². The second kappa shape index (κ2) is 9.09. The van der Waals surface area contributed by atoms with Crippen LogP contribution in [0.4, 0.5) is 17.8 Å². The van der Waals surface area contributed by atoms with E-state index in [-0.39, 0.29) is 11.9 Å². The Morgan fingerprint density at radius 2 is 1.87 bits per heavy atom. The summed E-state index contributed by atoms with van der Waals surface area (Å²) in [5, 5.41) is 9.35. The Morgan fingerprint density at radius 3 is 2.58 bits per heavy atom. The number of imidazole rings is 1. The Kier molecular flexibility index (Phi) is 6.08. The maximum atomic E-state index is 12.4. The molecule has 0 bridgehead atoms. The van der Waals surface area contributed by atoms with Crippen molar-refractivity contribution in [2.24, 2.45) is 7.05 Å². The summed E-state index contributed by atoms with van der Waals surface area (Å²) in [6.07, 6.45) is 3.62. The van der Waals surface area contributed by atoms with Gasteiger partial charge < -0.3 is 20.1 Å². The number of nitrogens with one attached hydrogen (secondary N) is 3. The molecule has 0 unspecified atom stereocenters. The van der Waals surface area contributed by atoms with Crippen molar-refractivity contribution in [3.05, 3.63) is 42.2 Å². The third-order valence-corrected chi connectivity index (χ3v) is 4.87. The molecular weight excluding hydrogens is 394 g/mol. The molecule has 3 N–H and O–H groups in total. The Balaban J connectivity index is 1.58. The highest BCUT2D eigenvalue weighted by molar-refractivity contribution is 5.93. The van der Waals surface area contributed by atoms with Gasteiger partial charge in [-0.3, -0.25) is 10.1 Å². The third kappa shape index (κ3) is 5.34. The fourth-order valence-electron chi connectivity index (χ4n) is 2.94. The number of hydrogen-bond donors (Lipinski definition) is 3. The normalized spacial score (nSPS) is 13.3. The number of rotatable bonds is 9. The molecule has 1 amide bonds. The zero-order chi connectivity index (χ0) is 21.8. The Morgan fingerprint density at radius 1 is 1.13 bits per heavy atom. The average Bonchev–Trinajstić information content (AvgIpc) is 3.50. The van der Waals surface area contributed by atoms with Gasteiger partial charge in [-0.05, 0) is 26.9 Å². The summed E-state index contributed by atoms with van der Waals surface area (Å²) < 4.78 is 1.70. The summed E-state index contributed by atoms with van der Waals surface area (Å²) in [4.78, 5) is 32.4. The number of carbonyl (C=O) groups is 1. The molecular formula is C21H27N9O. The van der Waals surface area contributed by atoms with Gasteiger partial charge in [0.2, 0.25) is 17.8 Å². The molecule has 0 aliphatic heterocycles. The molecule has 31 heavy (non-hydrogen) atoms. The molecule has 10 heteroatoms. The minimum Gasteiger partial charge on any atom is -0.353 e. The van der Waals surface area contributed by atoms with E-state index in [9.17, 15) is 4.79 Å². The second-order valence-corrected chi connectivity index (χ2v) is 7.80. The predicted octanol–water partition coefficient (Wildman–Crippen LogP) is 1.88. The minimum atomic E-state index is -0.128. The topological polar surface area (TPSA) is 113 Å². The highest BCUT2D eigenvalue weighted by Gasteiger charge is 2.25. The maximum Gasteiger partial charge on any atom is 0.269 e. The van der Waals surface area contributed by atoms with Crippen LogP contribution in [0.25, 0.3) is 11.4 Å². The van der Waals surface area contributed by atoms with E-state index in [1.165, 1.54) is 0 Å². The summed E-state index contributed by atoms with van der Waals surface area (Å²) in [5.74, 6) is 1.72. The Hall–Kier alpha value is -3.53. The zero-order valence-electron chi connectivity index (χ0n) is 18.0. The smallest absolute Gasteiger partial charge is 0.269 e. The lowest BCUT2D eigenvalue weighted by Gasteiger charge is -2.13. The number of anilines is 3. The fraction of sp³-hybridized carbons (Fsp3) is 0.381. The van der Waals surface area contributed by atoms with Gasteiger partial charge >= 0.3 is 0 Å². The zero-order valence-corrected chi connectivity index (χ0v) is 18.0. The van der Waals surface area contributed by atoms with Gasteiger partial charge in [0.25, 0.3) is 5.91 Å². The lowest BCUT2D eigenvalue weighted by atomic mass is 10.2. The summed E-state index contributed by atoms with van der Waals surface area (Å²) in [6, 6.07) is 10.0. The van der Waals surface area contributed by atoms with E-state index in [1.54, 1.807) is 17.8 Å². The van der Waals surface area contributed by atoms with Crippen LogP contribution in [0.2, 0.25) is 0 Å². The molecule has 1 aromatic carbocycles. The van der Waals surface area contributed by atoms with E-state index in [0.29, 0.717) is 35.9 Å². The second-order valence-electron chi connectivity index (χ2n) is 7.80. The van der Waals surface area contributed by atoms with E-state index in [4.69, 9.17) is 0 Å². The number of amides is 1. The van der Waals surface area contributed by atoms with Crippen molar-refractivity contribution in [3.63, 3.8) is 0 Å². The molecule has 0 saturated heterocycles. The van der Waals surface area contributed by atoms with Crippen LogP contribution in [0.5, 0.6) is 0 Å². The van der Waals surface area contributed by atoms with Crippen molar-refractivity contribution in [1.82, 2.24) is 34.7 Å². The van der Waals surface area contributed by atoms with E-state index >= 15 is 0 Å². The molecule has 1 aliphatic carbocycles. The third-order valence-electron chi connectivity index (χ3n) is 4.87. The first-order valence-electron chi connectivity index (χ1n) is 10.3. The maximum absolute atomic E-state index is 12.4. The number of hydrogen-bond acceptors (Lipinski definition) is 8. The molecule has 0 radical (unpaired) electrons. The molecule has 0 atom stereocenters. The lowest BCUT2D eigenvalue weighted by molar-refractivity contribution is 0.0943. The minimum absolute atomic E-state index is 0.128. The molecule has 0 spiro atoms. The van der Waals surface area contributed by atoms with Gasteiger partial charge in [-0.1, -0.05) is 30.3 Å². The summed E-state index contributed by atoms with van der Waals surface area (Å²) in [6.45, 7) is 1.53. The van der Waals surface area contributed by atoms with E-state index in [2.05, 4.69) is 40.8 Å². The Bertz CT molecular complexity index is 1040. The van der Waals surface area contributed by atoms with Gasteiger partial charge in [0.15, 0.2) is 5.82 Å². The summed E-state index contributed by atoms with van der Waals surface area (Å²) in [5.41, 5.74) is 1.36. The van der Waals surface area contributed by atoms with Gasteiger partial charge in [-0.2, -0.15) is 15.0 Å². The molecule has 2 heterocycles. The van der Waals surface area contributed by atoms with Crippen LogP contribution in [0.1, 0.15) is 23.3 Å². The highest BCUT2D eigenvalue weighted by Crippen LogP contribution is 2.21. The molecule has 3 aromatic rings. The van der Waals surface area contributed by atoms with Crippen LogP contribution in [0.3, 0.4) is 0 Å². The van der Waals surface area contributed by atoms with E-state index in [1.807, 2.05) is 44.4 Å². The molecule has 10 nitrogen and oxygen atoms in total. The number of aromatic nitrogens is 5. The quantitative estimate of drug-likeness (QED) is 0.480. The van der Waals surface area contributed by atoms with Crippen molar-refractivity contribution in [2.45, 2.75) is 18.9 Å². The summed E-state index contributed by atoms with van der Waals surface area (Å²) in [7, 11) is 5.80. The largest absolute Gasteiger partial charge is 0.353 e. The molecule has 4 rings (SSSR count). The standard InChI is InChI=1S/C21H27N9O/c1-29(2)12-11-22-19-25-17(14-7-5-4-6-8-14)26-20(27-19)28-21-23-13-16(30(21)3)18(31)24-15-9-10-15/h4-8,13,15H,9-12H2,1-3H3,(H,24,31)(H2,22,23,25,26,27,28). The van der Waals surface area contributed by atoms with Crippen molar-refractivity contribution >= 4 is 23.8 Å². The number of carbonyl (C=O) groups excluding carboxylic acids is 1. The van der Waals surface area contributed by atoms with Gasteiger partial charge in [0.05, 0.1) is 6.20 Å².